The first-order valence-corrected chi connectivity index (χ1v) is 11.3. The quantitative estimate of drug-likeness (QED) is 0.378. The molecule has 3 aromatic carbocycles. The van der Waals surface area contributed by atoms with E-state index in [9.17, 15) is 19.5 Å². The average molecular weight is 475 g/mol. The first kappa shape index (κ1) is 24.0. The van der Waals surface area contributed by atoms with Crippen LogP contribution >= 0.6 is 0 Å². The van der Waals surface area contributed by atoms with Gasteiger partial charge in [0.2, 0.25) is 5.91 Å². The fourth-order valence-electron chi connectivity index (χ4n) is 4.30. The normalized spacial score (nSPS) is 13.7. The first-order valence-electron chi connectivity index (χ1n) is 11.3. The molecule has 0 heterocycles. The van der Waals surface area contributed by atoms with Gasteiger partial charge in [0, 0.05) is 12.3 Å². The molecule has 0 saturated heterocycles. The van der Waals surface area contributed by atoms with Gasteiger partial charge in [0.25, 0.3) is 0 Å². The molecule has 180 valence electrons. The van der Waals surface area contributed by atoms with Crippen molar-refractivity contribution in [2.24, 2.45) is 0 Å². The minimum absolute atomic E-state index is 0.0773. The number of fused-ring (bicyclic) bond motifs is 3. The zero-order chi connectivity index (χ0) is 24.8. The maximum absolute atomic E-state index is 12.8. The predicted octanol–water partition coefficient (Wildman–Crippen LogP) is 2.70. The summed E-state index contributed by atoms with van der Waals surface area (Å²) in [5.41, 5.74) is 5.09. The van der Waals surface area contributed by atoms with Crippen LogP contribution in [0.5, 0.6) is 0 Å². The third-order valence-corrected chi connectivity index (χ3v) is 6.03. The van der Waals surface area contributed by atoms with E-state index < -0.39 is 36.7 Å². The summed E-state index contributed by atoms with van der Waals surface area (Å²) in [4.78, 5) is 36.8. The van der Waals surface area contributed by atoms with Crippen LogP contribution in [0, 0.1) is 0 Å². The number of carboxylic acids is 1. The molecule has 0 aromatic heterocycles. The Morgan fingerprint density at radius 2 is 1.37 bits per heavy atom. The van der Waals surface area contributed by atoms with Crippen molar-refractivity contribution in [3.8, 4) is 11.1 Å². The number of hydrogen-bond donors (Lipinski definition) is 4. The van der Waals surface area contributed by atoms with Crippen molar-refractivity contribution in [3.05, 3.63) is 95.6 Å². The molecule has 0 fully saturated rings. The third kappa shape index (κ3) is 5.50. The number of alkyl carbamates (subject to hydrolysis) is 1. The third-order valence-electron chi connectivity index (χ3n) is 6.03. The summed E-state index contributed by atoms with van der Waals surface area (Å²) in [5.74, 6) is -2.25. The zero-order valence-electron chi connectivity index (χ0n) is 18.9. The molecule has 0 aliphatic heterocycles. The number of aliphatic carboxylic acids is 1. The van der Waals surface area contributed by atoms with E-state index >= 15 is 0 Å². The number of carbonyl (C=O) groups is 3. The fraction of sp³-hybridized carbons (Fsp3) is 0.222. The van der Waals surface area contributed by atoms with Crippen LogP contribution in [0.4, 0.5) is 4.79 Å². The van der Waals surface area contributed by atoms with Crippen LogP contribution in [0.2, 0.25) is 0 Å². The number of rotatable bonds is 9. The van der Waals surface area contributed by atoms with Gasteiger partial charge < -0.3 is 25.6 Å². The molecule has 8 heteroatoms. The van der Waals surface area contributed by atoms with Gasteiger partial charge >= 0.3 is 12.1 Å². The van der Waals surface area contributed by atoms with Gasteiger partial charge in [0.1, 0.15) is 18.7 Å². The molecule has 0 saturated carbocycles. The number of carbonyl (C=O) groups excluding carboxylic acids is 2. The van der Waals surface area contributed by atoms with Gasteiger partial charge in [-0.3, -0.25) is 4.79 Å². The maximum atomic E-state index is 12.8. The Labute approximate surface area is 202 Å². The van der Waals surface area contributed by atoms with E-state index in [1.807, 2.05) is 54.6 Å². The van der Waals surface area contributed by atoms with E-state index in [4.69, 9.17) is 9.84 Å². The zero-order valence-corrected chi connectivity index (χ0v) is 18.9. The lowest BCUT2D eigenvalue weighted by molar-refractivity contribution is -0.143. The lowest BCUT2D eigenvalue weighted by Gasteiger charge is -2.21. The second-order valence-corrected chi connectivity index (χ2v) is 8.29. The Hall–Kier alpha value is -4.17. The molecule has 1 aliphatic rings. The molecule has 0 spiro atoms. The molecule has 4 N–H and O–H groups in total. The van der Waals surface area contributed by atoms with Crippen molar-refractivity contribution in [3.63, 3.8) is 0 Å². The van der Waals surface area contributed by atoms with Crippen LogP contribution in [0.15, 0.2) is 78.9 Å². The van der Waals surface area contributed by atoms with E-state index in [0.717, 1.165) is 27.8 Å². The minimum atomic E-state index is -1.48. The molecule has 0 bridgehead atoms. The van der Waals surface area contributed by atoms with Crippen LogP contribution in [-0.2, 0) is 20.7 Å². The Bertz CT molecular complexity index is 1170. The van der Waals surface area contributed by atoms with Gasteiger partial charge in [0.05, 0.1) is 6.61 Å². The summed E-state index contributed by atoms with van der Waals surface area (Å²) in [5, 5.41) is 23.2. The molecule has 35 heavy (non-hydrogen) atoms. The second kappa shape index (κ2) is 10.8. The topological polar surface area (TPSA) is 125 Å². The summed E-state index contributed by atoms with van der Waals surface area (Å²) in [6, 6.07) is 22.3. The van der Waals surface area contributed by atoms with E-state index in [1.54, 1.807) is 24.3 Å². The lowest BCUT2D eigenvalue weighted by Crippen LogP contribution is -2.53. The van der Waals surface area contributed by atoms with Gasteiger partial charge in [-0.1, -0.05) is 78.9 Å². The van der Waals surface area contributed by atoms with Crippen LogP contribution in [0.25, 0.3) is 11.1 Å². The highest BCUT2D eigenvalue weighted by Crippen LogP contribution is 2.44. The summed E-state index contributed by atoms with van der Waals surface area (Å²) in [7, 11) is 0. The number of nitrogens with one attached hydrogen (secondary N) is 2. The molecule has 2 amide bonds. The number of hydrogen-bond acceptors (Lipinski definition) is 5. The standard InChI is InChI=1S/C27H26N2O6/c30-15-24(26(32)33)28-25(31)23(14-17-8-2-1-3-9-17)29-27(34)35-16-22-20-12-6-4-10-18(20)19-11-5-7-13-21(19)22/h1-13,22-24,30H,14-16H2,(H,28,31)(H,29,34)(H,32,33)/t23-,24?/m1/s1. The summed E-state index contributed by atoms with van der Waals surface area (Å²) in [6.45, 7) is -0.696. The molecule has 0 radical (unpaired) electrons. The van der Waals surface area contributed by atoms with Gasteiger partial charge in [-0.15, -0.1) is 0 Å². The van der Waals surface area contributed by atoms with E-state index in [-0.39, 0.29) is 18.9 Å². The predicted molar refractivity (Wildman–Crippen MR) is 129 cm³/mol. The van der Waals surface area contributed by atoms with Crippen LogP contribution in [0.3, 0.4) is 0 Å². The van der Waals surface area contributed by atoms with Crippen molar-refractivity contribution in [2.75, 3.05) is 13.2 Å². The molecule has 4 rings (SSSR count). The van der Waals surface area contributed by atoms with Gasteiger partial charge in [0.15, 0.2) is 0 Å². The number of aliphatic hydroxyl groups is 1. The SMILES string of the molecule is O=C(N[C@H](Cc1ccccc1)C(=O)NC(CO)C(=O)O)OCC1c2ccccc2-c2ccccc21. The van der Waals surface area contributed by atoms with Gasteiger partial charge in [-0.2, -0.15) is 0 Å². The number of ether oxygens (including phenoxy) is 1. The highest BCUT2D eigenvalue weighted by molar-refractivity contribution is 5.89. The minimum Gasteiger partial charge on any atom is -0.480 e. The molecule has 8 nitrogen and oxygen atoms in total. The highest BCUT2D eigenvalue weighted by Gasteiger charge is 2.30. The number of aliphatic hydroxyl groups excluding tert-OH is 1. The summed E-state index contributed by atoms with van der Waals surface area (Å²) in [6.07, 6.45) is -0.673. The van der Waals surface area contributed by atoms with Crippen molar-refractivity contribution in [1.82, 2.24) is 10.6 Å². The van der Waals surface area contributed by atoms with Crippen molar-refractivity contribution in [2.45, 2.75) is 24.4 Å². The lowest BCUT2D eigenvalue weighted by atomic mass is 9.98. The van der Waals surface area contributed by atoms with E-state index in [2.05, 4.69) is 10.6 Å². The largest absolute Gasteiger partial charge is 0.480 e. The molecule has 1 aliphatic carbocycles. The van der Waals surface area contributed by atoms with Gasteiger partial charge in [-0.05, 0) is 27.8 Å². The maximum Gasteiger partial charge on any atom is 0.407 e. The van der Waals surface area contributed by atoms with Crippen LogP contribution in [-0.4, -0.2) is 53.5 Å². The van der Waals surface area contributed by atoms with Gasteiger partial charge in [-0.25, -0.2) is 9.59 Å². The highest BCUT2D eigenvalue weighted by atomic mass is 16.5. The average Bonchev–Trinajstić information content (AvgIpc) is 3.19. The van der Waals surface area contributed by atoms with Crippen LogP contribution < -0.4 is 10.6 Å². The van der Waals surface area contributed by atoms with Crippen LogP contribution in [0.1, 0.15) is 22.6 Å². The fourth-order valence-corrected chi connectivity index (χ4v) is 4.30. The Kier molecular flexibility index (Phi) is 7.42. The van der Waals surface area contributed by atoms with E-state index in [0.29, 0.717) is 0 Å². The number of amides is 2. The Morgan fingerprint density at radius 3 is 1.94 bits per heavy atom. The Morgan fingerprint density at radius 1 is 0.800 bits per heavy atom. The molecule has 3 aromatic rings. The second-order valence-electron chi connectivity index (χ2n) is 8.29. The monoisotopic (exact) mass is 474 g/mol. The molecule has 1 unspecified atom stereocenters. The molecular weight excluding hydrogens is 448 g/mol. The Balaban J connectivity index is 1.46. The van der Waals surface area contributed by atoms with Crippen molar-refractivity contribution < 1.29 is 29.3 Å². The van der Waals surface area contributed by atoms with Crippen molar-refractivity contribution in [1.29, 1.82) is 0 Å². The smallest absolute Gasteiger partial charge is 0.407 e. The summed E-state index contributed by atoms with van der Waals surface area (Å²) < 4.78 is 5.54. The molecular formula is C27H26N2O6. The number of carboxylic acid groups (broad SMARTS) is 1. The summed E-state index contributed by atoms with van der Waals surface area (Å²) >= 11 is 0. The number of benzene rings is 3. The molecule has 2 atom stereocenters. The van der Waals surface area contributed by atoms with Crippen molar-refractivity contribution >= 4 is 18.0 Å². The van der Waals surface area contributed by atoms with E-state index in [1.165, 1.54) is 0 Å². The first-order chi connectivity index (χ1) is 17.0.